The third-order valence-corrected chi connectivity index (χ3v) is 8.14. The molecule has 16 nitrogen and oxygen atoms in total. The van der Waals surface area contributed by atoms with Gasteiger partial charge in [0, 0.05) is 32.1 Å². The van der Waals surface area contributed by atoms with Gasteiger partial charge in [0.25, 0.3) is 0 Å². The van der Waals surface area contributed by atoms with E-state index in [1.54, 1.807) is 69.2 Å². The number of esters is 5. The fraction of sp³-hybridized carbons (Fsp3) is 0.865. The predicted molar refractivity (Wildman–Crippen MR) is 185 cm³/mol. The van der Waals surface area contributed by atoms with Crippen molar-refractivity contribution in [2.75, 3.05) is 19.8 Å². The van der Waals surface area contributed by atoms with Crippen LogP contribution in [0.1, 0.15) is 101 Å². The highest BCUT2D eigenvalue weighted by molar-refractivity contribution is 5.72. The zero-order valence-corrected chi connectivity index (χ0v) is 32.8. The summed E-state index contributed by atoms with van der Waals surface area (Å²) in [4.78, 5) is 65.6. The van der Waals surface area contributed by atoms with Crippen LogP contribution in [0.3, 0.4) is 0 Å². The highest BCUT2D eigenvalue weighted by atomic mass is 16.8. The van der Waals surface area contributed by atoms with Gasteiger partial charge < -0.3 is 53.2 Å². The Morgan fingerprint density at radius 2 is 0.868 bits per heavy atom. The van der Waals surface area contributed by atoms with Crippen LogP contribution in [0.25, 0.3) is 0 Å². The molecular weight excluding hydrogens is 700 g/mol. The first-order valence-electron chi connectivity index (χ1n) is 18.6. The van der Waals surface area contributed by atoms with Crippen LogP contribution in [0.5, 0.6) is 0 Å². The number of aliphatic hydroxyl groups excluding tert-OH is 3. The van der Waals surface area contributed by atoms with Gasteiger partial charge >= 0.3 is 29.8 Å². The molecule has 0 saturated carbocycles. The summed E-state index contributed by atoms with van der Waals surface area (Å²) in [5.74, 6) is -6.91. The van der Waals surface area contributed by atoms with E-state index in [0.29, 0.717) is 0 Å². The minimum Gasteiger partial charge on any atom is -0.455 e. The summed E-state index contributed by atoms with van der Waals surface area (Å²) in [6, 6.07) is 0. The van der Waals surface area contributed by atoms with E-state index < -0.39 is 104 Å². The lowest BCUT2D eigenvalue weighted by Gasteiger charge is -2.46. The molecule has 0 amide bonds. The second kappa shape index (κ2) is 21.3. The molecule has 3 N–H and O–H groups in total. The van der Waals surface area contributed by atoms with E-state index in [4.69, 9.17) is 37.9 Å². The minimum absolute atomic E-state index is 0.0353. The Hall–Kier alpha value is -2.89. The molecule has 2 saturated heterocycles. The molecule has 9 atom stereocenters. The van der Waals surface area contributed by atoms with E-state index >= 15 is 0 Å². The third kappa shape index (κ3) is 14.0. The van der Waals surface area contributed by atoms with Crippen molar-refractivity contribution in [2.45, 2.75) is 156 Å². The van der Waals surface area contributed by atoms with Crippen molar-refractivity contribution in [1.29, 1.82) is 0 Å². The lowest BCUT2D eigenvalue weighted by molar-refractivity contribution is -0.384. The van der Waals surface area contributed by atoms with Gasteiger partial charge in [0.2, 0.25) is 12.1 Å². The molecule has 0 spiro atoms. The lowest BCUT2D eigenvalue weighted by Crippen LogP contribution is -2.65. The molecule has 16 heteroatoms. The second-order valence-electron chi connectivity index (χ2n) is 15.9. The maximum atomic E-state index is 13.3. The average Bonchev–Trinajstić information content (AvgIpc) is 3.29. The zero-order chi connectivity index (χ0) is 40.2. The van der Waals surface area contributed by atoms with Crippen LogP contribution in [-0.2, 0) is 61.9 Å². The Morgan fingerprint density at radius 3 is 1.25 bits per heavy atom. The number of rotatable bonds is 20. The van der Waals surface area contributed by atoms with Gasteiger partial charge in [-0.2, -0.15) is 0 Å². The lowest BCUT2D eigenvalue weighted by atomic mass is 9.97. The number of hydrogen-bond acceptors (Lipinski definition) is 16. The van der Waals surface area contributed by atoms with Gasteiger partial charge in [0.1, 0.15) is 18.8 Å². The van der Waals surface area contributed by atoms with Crippen molar-refractivity contribution in [2.24, 2.45) is 29.6 Å². The van der Waals surface area contributed by atoms with Gasteiger partial charge in [0.15, 0.2) is 30.5 Å². The maximum absolute atomic E-state index is 13.3. The van der Waals surface area contributed by atoms with E-state index in [0.717, 1.165) is 0 Å². The van der Waals surface area contributed by atoms with Crippen molar-refractivity contribution in [3.63, 3.8) is 0 Å². The smallest absolute Gasteiger partial charge is 0.306 e. The molecular formula is C37H62O16. The molecule has 53 heavy (non-hydrogen) atoms. The fourth-order valence-electron chi connectivity index (χ4n) is 5.91. The molecule has 0 aromatic heterocycles. The molecule has 0 aromatic rings. The third-order valence-electron chi connectivity index (χ3n) is 8.14. The van der Waals surface area contributed by atoms with Crippen LogP contribution in [0.2, 0.25) is 0 Å². The molecule has 2 aliphatic heterocycles. The molecule has 2 fully saturated rings. The van der Waals surface area contributed by atoms with Crippen LogP contribution < -0.4 is 0 Å². The maximum Gasteiger partial charge on any atom is 0.306 e. The first kappa shape index (κ1) is 46.3. The van der Waals surface area contributed by atoms with Crippen LogP contribution in [0.4, 0.5) is 0 Å². The Balaban J connectivity index is 2.75. The van der Waals surface area contributed by atoms with E-state index in [9.17, 15) is 39.3 Å². The van der Waals surface area contributed by atoms with E-state index in [2.05, 4.69) is 0 Å². The number of carbonyl (C=O) groups is 5. The van der Waals surface area contributed by atoms with Gasteiger partial charge in [-0.15, -0.1) is 0 Å². The molecule has 2 heterocycles. The zero-order valence-electron chi connectivity index (χ0n) is 32.8. The van der Waals surface area contributed by atoms with E-state index in [1.165, 1.54) is 0 Å². The number of hydrogen-bond donors (Lipinski definition) is 3. The van der Waals surface area contributed by atoms with E-state index in [-0.39, 0.29) is 61.7 Å². The normalized spacial score (nSPS) is 28.8. The monoisotopic (exact) mass is 762 g/mol. The molecule has 0 radical (unpaired) electrons. The standard InChI is InChI=1S/C37H62O16/c1-19(2)11-26(41)47-31-24(16-38)46-36(34(50-29(44)14-22(7)8)33(31)49-28(43)13-21(5)6)53-37(18-40)35(51-30(45)15-23(9)10)32(25(17-39)52-37)48-27(42)12-20(3)4/h19-25,31-36,38-40H,11-18H2,1-10H3/t24-,25-,31-,32-,33+,34-,35+,36+,37+/m1/s1. The van der Waals surface area contributed by atoms with Crippen LogP contribution in [0, 0.1) is 29.6 Å². The summed E-state index contributed by atoms with van der Waals surface area (Å²) in [5, 5.41) is 31.9. The second-order valence-corrected chi connectivity index (χ2v) is 15.9. The summed E-state index contributed by atoms with van der Waals surface area (Å²) in [5.41, 5.74) is 0. The Bertz CT molecular complexity index is 1200. The minimum atomic E-state index is -2.44. The van der Waals surface area contributed by atoms with Crippen LogP contribution in [0.15, 0.2) is 0 Å². The fourth-order valence-corrected chi connectivity index (χ4v) is 5.91. The quantitative estimate of drug-likeness (QED) is 0.120. The highest BCUT2D eigenvalue weighted by Crippen LogP contribution is 2.41. The van der Waals surface area contributed by atoms with Crippen molar-refractivity contribution in [3.05, 3.63) is 0 Å². The Morgan fingerprint density at radius 1 is 0.509 bits per heavy atom. The number of ether oxygens (including phenoxy) is 8. The predicted octanol–water partition coefficient (Wildman–Crippen LogP) is 2.59. The van der Waals surface area contributed by atoms with Crippen molar-refractivity contribution < 1.29 is 77.2 Å². The molecule has 306 valence electrons. The van der Waals surface area contributed by atoms with Crippen LogP contribution >= 0.6 is 0 Å². The largest absolute Gasteiger partial charge is 0.455 e. The summed E-state index contributed by atoms with van der Waals surface area (Å²) < 4.78 is 47.3. The van der Waals surface area contributed by atoms with Gasteiger partial charge in [-0.3, -0.25) is 24.0 Å². The van der Waals surface area contributed by atoms with Crippen molar-refractivity contribution >= 4 is 29.8 Å². The molecule has 2 rings (SSSR count). The molecule has 2 aliphatic rings. The van der Waals surface area contributed by atoms with Gasteiger partial charge in [-0.05, 0) is 29.6 Å². The Labute approximate surface area is 312 Å². The van der Waals surface area contributed by atoms with Gasteiger partial charge in [0.05, 0.1) is 13.2 Å². The summed E-state index contributed by atoms with van der Waals surface area (Å²) in [7, 11) is 0. The number of carbonyl (C=O) groups excluding carboxylic acids is 5. The van der Waals surface area contributed by atoms with Gasteiger partial charge in [-0.25, -0.2) is 0 Å². The van der Waals surface area contributed by atoms with Crippen molar-refractivity contribution in [1.82, 2.24) is 0 Å². The van der Waals surface area contributed by atoms with Crippen LogP contribution in [-0.4, -0.2) is 120 Å². The summed E-state index contributed by atoms with van der Waals surface area (Å²) in [6.45, 7) is 15.1. The molecule has 0 bridgehead atoms. The first-order chi connectivity index (χ1) is 24.7. The SMILES string of the molecule is CC(C)CC(=O)O[C@@H]1[C@@H](OC(=O)CC(C)C)[C@H](O[C@]2(CO)O[C@H](CO)[C@@H](OC(=O)CC(C)C)[C@@H]2OC(=O)CC(C)C)O[C@H](CO)[C@H]1OC(=O)CC(C)C. The molecule has 0 aromatic carbocycles. The van der Waals surface area contributed by atoms with Gasteiger partial charge in [-0.1, -0.05) is 69.2 Å². The molecule has 0 aliphatic carbocycles. The highest BCUT2D eigenvalue weighted by Gasteiger charge is 2.64. The molecule has 0 unspecified atom stereocenters. The topological polar surface area (TPSA) is 220 Å². The van der Waals surface area contributed by atoms with E-state index in [1.807, 2.05) is 0 Å². The first-order valence-corrected chi connectivity index (χ1v) is 18.6. The summed E-state index contributed by atoms with van der Waals surface area (Å²) >= 11 is 0. The average molecular weight is 763 g/mol. The van der Waals surface area contributed by atoms with Crippen molar-refractivity contribution in [3.8, 4) is 0 Å². The summed E-state index contributed by atoms with van der Waals surface area (Å²) in [6.07, 6.45) is -13.1. The number of aliphatic hydroxyl groups is 3. The Kier molecular flexibility index (Phi) is 18.6.